The van der Waals surface area contributed by atoms with Gasteiger partial charge in [0.05, 0.1) is 52.1 Å². The van der Waals surface area contributed by atoms with Crippen molar-refractivity contribution in [2.75, 3.05) is 121 Å². The van der Waals surface area contributed by atoms with Crippen LogP contribution in [0.2, 0.25) is 0 Å². The van der Waals surface area contributed by atoms with Crippen LogP contribution in [0, 0.1) is 5.82 Å². The number of ether oxygens (including phenoxy) is 3. The van der Waals surface area contributed by atoms with E-state index >= 15 is 0 Å². The predicted octanol–water partition coefficient (Wildman–Crippen LogP) is 17.1. The first-order valence-corrected chi connectivity index (χ1v) is 49.6. The summed E-state index contributed by atoms with van der Waals surface area (Å²) in [5.74, 6) is 0.112. The molecule has 3 saturated heterocycles. The highest BCUT2D eigenvalue weighted by Gasteiger charge is 2.51. The fraction of sp³-hybridized carbons (Fsp3) is 0.303. The number of benzene rings is 7. The van der Waals surface area contributed by atoms with Crippen LogP contribution in [0.25, 0.3) is 116 Å². The lowest BCUT2D eigenvalue weighted by Crippen LogP contribution is -2.50. The minimum atomic E-state index is -3.17. The second-order valence-corrected chi connectivity index (χ2v) is 39.0. The lowest BCUT2D eigenvalue weighted by atomic mass is 9.98. The molecule has 31 nitrogen and oxygen atoms in total. The minimum Gasteiger partial charge on any atom is -0.367 e. The fourth-order valence-electron chi connectivity index (χ4n) is 20.0. The Hall–Kier alpha value is -15.3. The number of H-pyrrole nitrogens is 3. The molecule has 0 spiro atoms. The number of carbonyl (C=O) groups excluding carboxylic acids is 6. The Bertz CT molecular complexity index is 7160. The van der Waals surface area contributed by atoms with Crippen LogP contribution >= 0.6 is 11.3 Å². The molecule has 146 heavy (non-hydrogen) atoms. The topological polar surface area (TPSA) is 362 Å². The average Bonchev–Trinajstić information content (AvgIpc) is 1.63. The summed E-state index contributed by atoms with van der Waals surface area (Å²) in [5, 5.41) is 34.5. The van der Waals surface area contributed by atoms with Crippen molar-refractivity contribution in [2.24, 2.45) is 0 Å². The van der Waals surface area contributed by atoms with E-state index in [1.54, 1.807) is 135 Å². The van der Waals surface area contributed by atoms with Crippen LogP contribution in [-0.2, 0) is 43.0 Å². The van der Waals surface area contributed by atoms with Crippen molar-refractivity contribution in [3.8, 4) is 56.5 Å². The summed E-state index contributed by atoms with van der Waals surface area (Å²) in [6.45, 7) is -1.87. The molecular formula is C109H103F5N22O9S. The van der Waals surface area contributed by atoms with E-state index in [0.29, 0.717) is 129 Å². The van der Waals surface area contributed by atoms with Crippen molar-refractivity contribution in [3.63, 3.8) is 0 Å². The molecule has 23 rings (SSSR count). The molecule has 5 fully saturated rings. The summed E-state index contributed by atoms with van der Waals surface area (Å²) < 4.78 is 85.6. The lowest BCUT2D eigenvalue weighted by molar-refractivity contribution is -0.204. The van der Waals surface area contributed by atoms with Gasteiger partial charge < -0.3 is 44.9 Å². The maximum absolute atomic E-state index is 13.8. The van der Waals surface area contributed by atoms with Crippen molar-refractivity contribution in [1.29, 1.82) is 0 Å². The predicted molar refractivity (Wildman–Crippen MR) is 545 cm³/mol. The number of methoxy groups -OCH3 is 1. The number of alkyl halides is 4. The Balaban J connectivity index is 0.000000129. The molecule has 37 heteroatoms. The number of para-hydroxylation sites is 1. The number of nitrogens with zero attached hydrogens (tertiary/aromatic N) is 16. The molecule has 7 aromatic carbocycles. The molecule has 1 unspecified atom stereocenters. The Morgan fingerprint density at radius 1 is 0.411 bits per heavy atom. The Labute approximate surface area is 839 Å². The Kier molecular flexibility index (Phi) is 28.0. The van der Waals surface area contributed by atoms with Crippen molar-refractivity contribution < 1.29 is 64.9 Å². The van der Waals surface area contributed by atoms with Gasteiger partial charge in [-0.2, -0.15) is 32.9 Å². The van der Waals surface area contributed by atoms with Crippen LogP contribution in [0.3, 0.4) is 0 Å². The van der Waals surface area contributed by atoms with E-state index in [0.717, 1.165) is 137 Å². The molecule has 3 atom stereocenters. The minimum absolute atomic E-state index is 0.00427. The Morgan fingerprint density at radius 3 is 1.18 bits per heavy atom. The van der Waals surface area contributed by atoms with Crippen molar-refractivity contribution >= 4 is 123 Å². The number of rotatable bonds is 27. The number of halogens is 5. The third-order valence-corrected chi connectivity index (χ3v) is 29.5. The zero-order chi connectivity index (χ0) is 100. The van der Waals surface area contributed by atoms with Crippen LogP contribution < -0.4 is 16.0 Å². The molecule has 6 amide bonds. The maximum atomic E-state index is 13.8. The number of likely N-dealkylation sites (tertiary alicyclic amines) is 3. The maximum Gasteiger partial charge on any atom is 0.346 e. The van der Waals surface area contributed by atoms with Gasteiger partial charge in [0.2, 0.25) is 17.7 Å². The molecular weight excluding hydrogens is 1890 g/mol. The molecule has 2 saturated carbocycles. The number of anilines is 3. The van der Waals surface area contributed by atoms with Crippen molar-refractivity contribution in [3.05, 3.63) is 277 Å². The SMILES string of the molecule is CO[C@@]1(C(=O)Nc2ccc3[nH]nc(-c4ccc(F)cc4)c3c2)CCN(CC(=O)N2CC=C(c3nc4ccccc4s3)CC2)C1.O=C(CN1CCC(OC(F)F)(C(=O)Nc2ccc3[nH]nc(-c4ccnc(C5CC5)c4)c3c2)C1)N1CC=C(c2ccc(-c3ncccn3)cc2)CC1.O=C(CN1CC[C@@](OC(F)F)(C(=O)Nc2ccc3[nH]nc(-c4ccnc(C5CC5)c4)c3c2)C1)N1CC=C(c2ccc(-c3ncccn3)cc2)CC1. The molecule has 0 radical (unpaired) electrons. The molecule has 6 aliphatic heterocycles. The first-order valence-electron chi connectivity index (χ1n) is 48.8. The highest BCUT2D eigenvalue weighted by Crippen LogP contribution is 2.44. The number of fused-ring (bicyclic) bond motifs is 4. The Morgan fingerprint density at radius 2 is 0.788 bits per heavy atom. The molecule has 0 bridgehead atoms. The van der Waals surface area contributed by atoms with E-state index < -0.39 is 41.8 Å². The number of hydrogen-bond donors (Lipinski definition) is 6. The lowest BCUT2D eigenvalue weighted by Gasteiger charge is -2.30. The van der Waals surface area contributed by atoms with E-state index in [4.69, 9.17) is 19.2 Å². The zero-order valence-corrected chi connectivity index (χ0v) is 80.5. The highest BCUT2D eigenvalue weighted by molar-refractivity contribution is 7.19. The standard InChI is InChI=1S/2C38H36F2N8O3.C33H31FN6O3S/c2*39-37(40)51-38(36(50)44-29-8-9-31-30(21-29)34(46-45-31)28-10-16-41-32(20-28)26-4-5-26)13-19-47(23-38)22-33(49)48-17-11-25(12-18-48)24-2-6-27(7-3-24)35-42-14-1-15-43-35;1-43-33(32(42)35-24-10-11-26-25(18-24)30(38-37-26)21-6-8-23(34)9-7-21)14-17-39(20-33)19-29(41)40-15-12-22(13-16-40)31-36-27-4-2-3-5-28(27)44-31/h2*1-3,6-11,14-16,20-21,26,37H,4-5,12-13,17-19,22-23H2,(H,44,50)(H,45,46);2-12,18H,13-17,19-20H2,1H3,(H,35,42)(H,37,38)/t38-;;33-/m0.0/s1. The second-order valence-electron chi connectivity index (χ2n) is 37.9. The van der Waals surface area contributed by atoms with E-state index in [1.165, 1.54) is 29.5 Å². The average molecular weight is 1990 g/mol. The van der Waals surface area contributed by atoms with E-state index in [-0.39, 0.29) is 88.1 Å². The van der Waals surface area contributed by atoms with E-state index in [1.807, 2.05) is 125 Å². The number of carbonyl (C=O) groups is 6. The van der Waals surface area contributed by atoms with Crippen LogP contribution in [0.4, 0.5) is 39.0 Å². The number of thiazole rings is 1. The molecule has 15 aromatic rings. The van der Waals surface area contributed by atoms with Gasteiger partial charge in [-0.1, -0.05) is 78.9 Å². The van der Waals surface area contributed by atoms with Gasteiger partial charge in [-0.3, -0.25) is 68.7 Å². The van der Waals surface area contributed by atoms with Gasteiger partial charge in [-0.15, -0.1) is 11.3 Å². The van der Waals surface area contributed by atoms with Crippen LogP contribution in [0.5, 0.6) is 0 Å². The summed E-state index contributed by atoms with van der Waals surface area (Å²) >= 11 is 1.69. The highest BCUT2D eigenvalue weighted by atomic mass is 32.1. The summed E-state index contributed by atoms with van der Waals surface area (Å²) in [6, 6.07) is 57.8. The van der Waals surface area contributed by atoms with Gasteiger partial charge in [-0.25, -0.2) is 29.3 Å². The summed E-state index contributed by atoms with van der Waals surface area (Å²) in [6.07, 6.45) is 23.7. The smallest absolute Gasteiger partial charge is 0.346 e. The monoisotopic (exact) mass is 1990 g/mol. The fourth-order valence-corrected chi connectivity index (χ4v) is 21.0. The number of nitrogens with one attached hydrogen (secondary N) is 6. The third kappa shape index (κ3) is 21.6. The normalized spacial score (nSPS) is 19.3. The largest absolute Gasteiger partial charge is 0.367 e. The van der Waals surface area contributed by atoms with Crippen LogP contribution in [-0.4, -0.2) is 266 Å². The van der Waals surface area contributed by atoms with Gasteiger partial charge in [0.15, 0.2) is 28.5 Å². The van der Waals surface area contributed by atoms with Gasteiger partial charge in [0, 0.05) is 207 Å². The molecule has 2 aliphatic carbocycles. The number of hydrogen-bond acceptors (Lipinski definition) is 23. The van der Waals surface area contributed by atoms with Crippen molar-refractivity contribution in [2.45, 2.75) is 106 Å². The first-order chi connectivity index (χ1) is 71.1. The van der Waals surface area contributed by atoms with Gasteiger partial charge >= 0.3 is 13.2 Å². The quantitative estimate of drug-likeness (QED) is 0.0260. The van der Waals surface area contributed by atoms with Crippen LogP contribution in [0.15, 0.2) is 243 Å². The third-order valence-electron chi connectivity index (χ3n) is 28.4. The molecule has 14 heterocycles. The van der Waals surface area contributed by atoms with Gasteiger partial charge in [0.1, 0.15) is 22.2 Å². The second kappa shape index (κ2) is 42.2. The number of pyridine rings is 2. The summed E-state index contributed by atoms with van der Waals surface area (Å²) in [5.41, 5.74) is 14.3. The zero-order valence-electron chi connectivity index (χ0n) is 79.7. The van der Waals surface area contributed by atoms with Crippen LogP contribution in [0.1, 0.15) is 104 Å². The van der Waals surface area contributed by atoms with Gasteiger partial charge in [0.25, 0.3) is 17.7 Å². The first kappa shape index (κ1) is 96.9. The molecule has 8 aromatic heterocycles. The van der Waals surface area contributed by atoms with Crippen molar-refractivity contribution in [1.82, 2.24) is 94.9 Å². The van der Waals surface area contributed by atoms with Gasteiger partial charge in [-0.05, 0) is 219 Å². The number of amides is 6. The summed E-state index contributed by atoms with van der Waals surface area (Å²) in [4.78, 5) is 123. The summed E-state index contributed by atoms with van der Waals surface area (Å²) in [7, 11) is 1.54. The van der Waals surface area contributed by atoms with E-state index in [9.17, 15) is 50.7 Å². The van der Waals surface area contributed by atoms with E-state index in [2.05, 4.69) is 88.6 Å². The molecule has 6 N–H and O–H groups in total. The molecule has 8 aliphatic rings. The number of aromatic amines is 3. The number of aromatic nitrogens is 13. The molecule has 744 valence electrons.